The maximum Gasteiger partial charge on any atom is 0.416 e. The Morgan fingerprint density at radius 2 is 1.79 bits per heavy atom. The van der Waals surface area contributed by atoms with Crippen molar-refractivity contribution in [2.24, 2.45) is 5.92 Å². The Morgan fingerprint density at radius 1 is 1.16 bits per heavy atom. The van der Waals surface area contributed by atoms with E-state index in [1.807, 2.05) is 13.8 Å². The van der Waals surface area contributed by atoms with Crippen LogP contribution in [0.2, 0.25) is 0 Å². The first-order valence-electron chi connectivity index (χ1n) is 6.68. The molecular weight excluding hydrogens is 251 g/mol. The van der Waals surface area contributed by atoms with Crippen molar-refractivity contribution in [1.82, 2.24) is 5.32 Å². The van der Waals surface area contributed by atoms with Gasteiger partial charge < -0.3 is 5.32 Å². The Labute approximate surface area is 113 Å². The molecular formula is C15H22F3N. The van der Waals surface area contributed by atoms with E-state index < -0.39 is 11.7 Å². The molecule has 4 heteroatoms. The first-order chi connectivity index (χ1) is 8.77. The summed E-state index contributed by atoms with van der Waals surface area (Å²) in [7, 11) is 0. The van der Waals surface area contributed by atoms with Gasteiger partial charge in [0.2, 0.25) is 0 Å². The summed E-state index contributed by atoms with van der Waals surface area (Å²) in [6.45, 7) is 8.96. The van der Waals surface area contributed by atoms with Crippen LogP contribution in [-0.2, 0) is 6.18 Å². The fourth-order valence-electron chi connectivity index (χ4n) is 2.43. The van der Waals surface area contributed by atoms with Gasteiger partial charge in [0.1, 0.15) is 0 Å². The van der Waals surface area contributed by atoms with E-state index in [0.29, 0.717) is 5.92 Å². The number of benzene rings is 1. The molecule has 1 rings (SSSR count). The number of halogens is 3. The fraction of sp³-hybridized carbons (Fsp3) is 0.600. The standard InChI is InChI=1S/C15H22F3N/c1-5-19-14(10(2)3)11(4)12-7-6-8-13(9-12)15(16,17)18/h6-11,14,19H,5H2,1-4H3. The zero-order valence-corrected chi connectivity index (χ0v) is 11.9. The van der Waals surface area contributed by atoms with E-state index >= 15 is 0 Å². The lowest BCUT2D eigenvalue weighted by molar-refractivity contribution is -0.137. The lowest BCUT2D eigenvalue weighted by Crippen LogP contribution is -2.38. The molecule has 2 unspecified atom stereocenters. The number of likely N-dealkylation sites (N-methyl/N-ethyl adjacent to an activating group) is 1. The molecule has 0 aliphatic rings. The van der Waals surface area contributed by atoms with Crippen molar-refractivity contribution < 1.29 is 13.2 Å². The lowest BCUT2D eigenvalue weighted by atomic mass is 9.86. The summed E-state index contributed by atoms with van der Waals surface area (Å²) in [5, 5.41) is 3.36. The SMILES string of the molecule is CCNC(C(C)C)C(C)c1cccc(C(F)(F)F)c1. The molecule has 1 aromatic carbocycles. The lowest BCUT2D eigenvalue weighted by Gasteiger charge is -2.29. The van der Waals surface area contributed by atoms with Crippen LogP contribution in [0.5, 0.6) is 0 Å². The summed E-state index contributed by atoms with van der Waals surface area (Å²) in [5.74, 6) is 0.409. The summed E-state index contributed by atoms with van der Waals surface area (Å²) in [6.07, 6.45) is -4.28. The van der Waals surface area contributed by atoms with Gasteiger partial charge in [-0.2, -0.15) is 13.2 Å². The summed E-state index contributed by atoms with van der Waals surface area (Å²) in [4.78, 5) is 0. The van der Waals surface area contributed by atoms with Gasteiger partial charge in [-0.1, -0.05) is 45.9 Å². The van der Waals surface area contributed by atoms with Gasteiger partial charge in [0.05, 0.1) is 5.56 Å². The maximum absolute atomic E-state index is 12.7. The van der Waals surface area contributed by atoms with E-state index in [1.54, 1.807) is 6.07 Å². The van der Waals surface area contributed by atoms with Gasteiger partial charge in [-0.25, -0.2) is 0 Å². The minimum absolute atomic E-state index is 0.0437. The van der Waals surface area contributed by atoms with Gasteiger partial charge in [-0.05, 0) is 30.0 Å². The van der Waals surface area contributed by atoms with Crippen LogP contribution in [0.1, 0.15) is 44.7 Å². The summed E-state index contributed by atoms with van der Waals surface area (Å²) >= 11 is 0. The molecule has 0 amide bonds. The van der Waals surface area contributed by atoms with Crippen molar-refractivity contribution in [2.45, 2.75) is 45.8 Å². The van der Waals surface area contributed by atoms with Crippen molar-refractivity contribution in [1.29, 1.82) is 0 Å². The van der Waals surface area contributed by atoms with Crippen molar-refractivity contribution in [3.63, 3.8) is 0 Å². The first kappa shape index (κ1) is 16.0. The maximum atomic E-state index is 12.7. The zero-order valence-electron chi connectivity index (χ0n) is 11.9. The predicted molar refractivity (Wildman–Crippen MR) is 72.2 cm³/mol. The van der Waals surface area contributed by atoms with Crippen LogP contribution >= 0.6 is 0 Å². The second-order valence-corrected chi connectivity index (χ2v) is 5.24. The van der Waals surface area contributed by atoms with Gasteiger partial charge in [0.25, 0.3) is 0 Å². The molecule has 0 spiro atoms. The molecule has 0 aliphatic heterocycles. The zero-order chi connectivity index (χ0) is 14.6. The number of alkyl halides is 3. The molecule has 1 aromatic rings. The fourth-order valence-corrected chi connectivity index (χ4v) is 2.43. The minimum atomic E-state index is -4.28. The van der Waals surface area contributed by atoms with Crippen molar-refractivity contribution in [3.8, 4) is 0 Å². The first-order valence-corrected chi connectivity index (χ1v) is 6.68. The van der Waals surface area contributed by atoms with Gasteiger partial charge in [-0.3, -0.25) is 0 Å². The van der Waals surface area contributed by atoms with Crippen LogP contribution in [0, 0.1) is 5.92 Å². The monoisotopic (exact) mass is 273 g/mol. The second kappa shape index (κ2) is 6.42. The molecule has 0 heterocycles. The quantitative estimate of drug-likeness (QED) is 0.836. The number of nitrogens with one attached hydrogen (secondary N) is 1. The highest BCUT2D eigenvalue weighted by molar-refractivity contribution is 5.29. The van der Waals surface area contributed by atoms with E-state index in [1.165, 1.54) is 12.1 Å². The third-order valence-corrected chi connectivity index (χ3v) is 3.44. The summed E-state index contributed by atoms with van der Waals surface area (Å²) in [6, 6.07) is 5.81. The van der Waals surface area contributed by atoms with E-state index in [-0.39, 0.29) is 12.0 Å². The Bertz CT molecular complexity index is 399. The molecule has 0 fully saturated rings. The third kappa shape index (κ3) is 4.23. The van der Waals surface area contributed by atoms with Crippen molar-refractivity contribution in [3.05, 3.63) is 35.4 Å². The Morgan fingerprint density at radius 3 is 2.26 bits per heavy atom. The second-order valence-electron chi connectivity index (χ2n) is 5.24. The minimum Gasteiger partial charge on any atom is -0.313 e. The van der Waals surface area contributed by atoms with Gasteiger partial charge in [0.15, 0.2) is 0 Å². The molecule has 0 saturated carbocycles. The third-order valence-electron chi connectivity index (χ3n) is 3.44. The average Bonchev–Trinajstić information content (AvgIpc) is 2.34. The highest BCUT2D eigenvalue weighted by Gasteiger charge is 2.31. The Balaban J connectivity index is 3.01. The predicted octanol–water partition coefficient (Wildman–Crippen LogP) is 4.44. The van der Waals surface area contributed by atoms with Gasteiger partial charge >= 0.3 is 6.18 Å². The van der Waals surface area contributed by atoms with Gasteiger partial charge in [0, 0.05) is 6.04 Å². The van der Waals surface area contributed by atoms with E-state index in [0.717, 1.165) is 18.2 Å². The smallest absolute Gasteiger partial charge is 0.313 e. The van der Waals surface area contributed by atoms with E-state index in [2.05, 4.69) is 19.2 Å². The highest BCUT2D eigenvalue weighted by atomic mass is 19.4. The van der Waals surface area contributed by atoms with Crippen LogP contribution in [0.4, 0.5) is 13.2 Å². The Kier molecular flexibility index (Phi) is 5.41. The van der Waals surface area contributed by atoms with Crippen LogP contribution < -0.4 is 5.32 Å². The number of hydrogen-bond donors (Lipinski definition) is 1. The largest absolute Gasteiger partial charge is 0.416 e. The van der Waals surface area contributed by atoms with Crippen LogP contribution in [-0.4, -0.2) is 12.6 Å². The molecule has 1 N–H and O–H groups in total. The van der Waals surface area contributed by atoms with E-state index in [4.69, 9.17) is 0 Å². The molecule has 0 aromatic heterocycles. The molecule has 1 nitrogen and oxygen atoms in total. The number of hydrogen-bond acceptors (Lipinski definition) is 1. The normalized spacial score (nSPS) is 15.6. The van der Waals surface area contributed by atoms with Crippen LogP contribution in [0.15, 0.2) is 24.3 Å². The molecule has 0 radical (unpaired) electrons. The number of rotatable bonds is 5. The average molecular weight is 273 g/mol. The summed E-state index contributed by atoms with van der Waals surface area (Å²) in [5.41, 5.74) is 0.158. The highest BCUT2D eigenvalue weighted by Crippen LogP contribution is 2.32. The molecule has 0 aliphatic carbocycles. The summed E-state index contributed by atoms with van der Waals surface area (Å²) < 4.78 is 38.2. The topological polar surface area (TPSA) is 12.0 Å². The molecule has 0 saturated heterocycles. The molecule has 0 bridgehead atoms. The van der Waals surface area contributed by atoms with Crippen LogP contribution in [0.25, 0.3) is 0 Å². The van der Waals surface area contributed by atoms with Crippen LogP contribution in [0.3, 0.4) is 0 Å². The van der Waals surface area contributed by atoms with E-state index in [9.17, 15) is 13.2 Å². The Hall–Kier alpha value is -1.03. The van der Waals surface area contributed by atoms with Crippen molar-refractivity contribution in [2.75, 3.05) is 6.54 Å². The molecule has 2 atom stereocenters. The molecule has 108 valence electrons. The van der Waals surface area contributed by atoms with Gasteiger partial charge in [-0.15, -0.1) is 0 Å². The molecule has 19 heavy (non-hydrogen) atoms. The van der Waals surface area contributed by atoms with Crippen molar-refractivity contribution >= 4 is 0 Å².